The Morgan fingerprint density at radius 1 is 1.00 bits per heavy atom. The van der Waals surface area contributed by atoms with Crippen molar-refractivity contribution in [3.05, 3.63) is 60.2 Å². The standard InChI is InChI=1S/C16H12F2N2O2/c17-12-7-6-10(8-13(12)18)19-14-9-15(21)20(16(14)22)11-4-2-1-3-5-11/h1-8,14,19H,9H2/t14-/m0/s1. The van der Waals surface area contributed by atoms with E-state index in [0.29, 0.717) is 5.69 Å². The third-order valence-corrected chi connectivity index (χ3v) is 3.42. The van der Waals surface area contributed by atoms with Crippen LogP contribution < -0.4 is 10.2 Å². The average molecular weight is 302 g/mol. The first-order valence-electron chi connectivity index (χ1n) is 6.69. The van der Waals surface area contributed by atoms with Crippen LogP contribution in [0.2, 0.25) is 0 Å². The number of carbonyl (C=O) groups is 2. The van der Waals surface area contributed by atoms with Gasteiger partial charge in [-0.3, -0.25) is 9.59 Å². The summed E-state index contributed by atoms with van der Waals surface area (Å²) >= 11 is 0. The molecule has 22 heavy (non-hydrogen) atoms. The molecule has 0 aliphatic carbocycles. The van der Waals surface area contributed by atoms with Crippen molar-refractivity contribution in [2.45, 2.75) is 12.5 Å². The van der Waals surface area contributed by atoms with Crippen LogP contribution in [-0.4, -0.2) is 17.9 Å². The van der Waals surface area contributed by atoms with Crippen molar-refractivity contribution in [3.63, 3.8) is 0 Å². The van der Waals surface area contributed by atoms with E-state index in [-0.39, 0.29) is 18.0 Å². The van der Waals surface area contributed by atoms with Crippen LogP contribution >= 0.6 is 0 Å². The number of imide groups is 1. The zero-order valence-electron chi connectivity index (χ0n) is 11.4. The Morgan fingerprint density at radius 2 is 1.73 bits per heavy atom. The number of carbonyl (C=O) groups excluding carboxylic acids is 2. The molecule has 1 saturated heterocycles. The summed E-state index contributed by atoms with van der Waals surface area (Å²) in [6.45, 7) is 0. The Bertz CT molecular complexity index is 734. The number of rotatable bonds is 3. The minimum Gasteiger partial charge on any atom is -0.373 e. The Morgan fingerprint density at radius 3 is 2.41 bits per heavy atom. The van der Waals surface area contributed by atoms with Gasteiger partial charge in [0.2, 0.25) is 5.91 Å². The van der Waals surface area contributed by atoms with Gasteiger partial charge in [0.1, 0.15) is 6.04 Å². The van der Waals surface area contributed by atoms with Gasteiger partial charge in [-0.15, -0.1) is 0 Å². The first-order valence-corrected chi connectivity index (χ1v) is 6.69. The molecule has 1 aliphatic heterocycles. The van der Waals surface area contributed by atoms with E-state index < -0.39 is 23.6 Å². The van der Waals surface area contributed by atoms with Crippen molar-refractivity contribution in [2.75, 3.05) is 10.2 Å². The summed E-state index contributed by atoms with van der Waals surface area (Å²) in [6.07, 6.45) is -0.0350. The smallest absolute Gasteiger partial charge is 0.256 e. The van der Waals surface area contributed by atoms with Gasteiger partial charge in [-0.2, -0.15) is 0 Å². The number of nitrogens with zero attached hydrogens (tertiary/aromatic N) is 1. The number of anilines is 2. The molecule has 112 valence electrons. The number of hydrogen-bond acceptors (Lipinski definition) is 3. The lowest BCUT2D eigenvalue weighted by Gasteiger charge is -2.16. The molecule has 2 aromatic rings. The van der Waals surface area contributed by atoms with Crippen LogP contribution in [0.25, 0.3) is 0 Å². The Hall–Kier alpha value is -2.76. The molecule has 1 atom stereocenters. The summed E-state index contributed by atoms with van der Waals surface area (Å²) in [7, 11) is 0. The number of halogens is 2. The topological polar surface area (TPSA) is 49.4 Å². The van der Waals surface area contributed by atoms with Gasteiger partial charge >= 0.3 is 0 Å². The Labute approximate surface area is 125 Å². The van der Waals surface area contributed by atoms with E-state index in [2.05, 4.69) is 5.32 Å². The van der Waals surface area contributed by atoms with E-state index in [0.717, 1.165) is 17.0 Å². The average Bonchev–Trinajstić information content (AvgIpc) is 2.78. The molecule has 0 saturated carbocycles. The monoisotopic (exact) mass is 302 g/mol. The number of hydrogen-bond donors (Lipinski definition) is 1. The van der Waals surface area contributed by atoms with E-state index >= 15 is 0 Å². The summed E-state index contributed by atoms with van der Waals surface area (Å²) in [5, 5.41) is 2.77. The van der Waals surface area contributed by atoms with Crippen LogP contribution in [0.15, 0.2) is 48.5 Å². The predicted molar refractivity (Wildman–Crippen MR) is 77.3 cm³/mol. The molecule has 0 radical (unpaired) electrons. The molecule has 0 unspecified atom stereocenters. The molecular weight excluding hydrogens is 290 g/mol. The summed E-state index contributed by atoms with van der Waals surface area (Å²) in [6, 6.07) is 11.0. The van der Waals surface area contributed by atoms with Gasteiger partial charge in [0.25, 0.3) is 5.91 Å². The molecule has 6 heteroatoms. The summed E-state index contributed by atoms with van der Waals surface area (Å²) in [5.41, 5.74) is 0.743. The van der Waals surface area contributed by atoms with Crippen molar-refractivity contribution >= 4 is 23.2 Å². The van der Waals surface area contributed by atoms with E-state index in [1.165, 1.54) is 6.07 Å². The molecule has 0 bridgehead atoms. The second-order valence-corrected chi connectivity index (χ2v) is 4.93. The second kappa shape index (κ2) is 5.55. The van der Waals surface area contributed by atoms with Crippen LogP contribution in [0.3, 0.4) is 0 Å². The highest BCUT2D eigenvalue weighted by Gasteiger charge is 2.39. The molecule has 2 amide bonds. The van der Waals surface area contributed by atoms with Gasteiger partial charge in [-0.05, 0) is 24.3 Å². The second-order valence-electron chi connectivity index (χ2n) is 4.93. The maximum atomic E-state index is 13.2. The first kappa shape index (κ1) is 14.2. The molecule has 3 rings (SSSR count). The van der Waals surface area contributed by atoms with Gasteiger partial charge in [0.05, 0.1) is 12.1 Å². The Kier molecular flexibility index (Phi) is 3.58. The van der Waals surface area contributed by atoms with E-state index in [4.69, 9.17) is 0 Å². The fourth-order valence-electron chi connectivity index (χ4n) is 2.38. The van der Waals surface area contributed by atoms with Crippen molar-refractivity contribution < 1.29 is 18.4 Å². The van der Waals surface area contributed by atoms with E-state index in [1.807, 2.05) is 0 Å². The maximum absolute atomic E-state index is 13.2. The molecule has 2 aromatic carbocycles. The normalized spacial score (nSPS) is 17.9. The molecule has 1 aliphatic rings. The zero-order chi connectivity index (χ0) is 15.7. The minimum absolute atomic E-state index is 0.0350. The lowest BCUT2D eigenvalue weighted by Crippen LogP contribution is -2.34. The van der Waals surface area contributed by atoms with Gasteiger partial charge in [-0.25, -0.2) is 13.7 Å². The maximum Gasteiger partial charge on any atom is 0.256 e. The number of amides is 2. The van der Waals surface area contributed by atoms with Crippen LogP contribution in [0.5, 0.6) is 0 Å². The molecular formula is C16H12F2N2O2. The van der Waals surface area contributed by atoms with Crippen molar-refractivity contribution in [2.24, 2.45) is 0 Å². The van der Waals surface area contributed by atoms with Crippen LogP contribution in [0.1, 0.15) is 6.42 Å². The molecule has 0 spiro atoms. The number of para-hydroxylation sites is 1. The molecule has 1 heterocycles. The minimum atomic E-state index is -1.01. The first-order chi connectivity index (χ1) is 10.6. The van der Waals surface area contributed by atoms with Gasteiger partial charge in [-0.1, -0.05) is 18.2 Å². The third-order valence-electron chi connectivity index (χ3n) is 3.42. The van der Waals surface area contributed by atoms with Crippen molar-refractivity contribution in [1.82, 2.24) is 0 Å². The van der Waals surface area contributed by atoms with Crippen molar-refractivity contribution in [1.29, 1.82) is 0 Å². The van der Waals surface area contributed by atoms with Crippen molar-refractivity contribution in [3.8, 4) is 0 Å². The number of benzene rings is 2. The van der Waals surface area contributed by atoms with Crippen LogP contribution in [0.4, 0.5) is 20.2 Å². The summed E-state index contributed by atoms with van der Waals surface area (Å²) in [4.78, 5) is 25.5. The van der Waals surface area contributed by atoms with Crippen LogP contribution in [0, 0.1) is 11.6 Å². The highest BCUT2D eigenvalue weighted by atomic mass is 19.2. The fraction of sp³-hybridized carbons (Fsp3) is 0.125. The highest BCUT2D eigenvalue weighted by molar-refractivity contribution is 6.23. The largest absolute Gasteiger partial charge is 0.373 e. The Balaban J connectivity index is 1.80. The highest BCUT2D eigenvalue weighted by Crippen LogP contribution is 2.25. The van der Waals surface area contributed by atoms with E-state index in [9.17, 15) is 18.4 Å². The molecule has 0 aromatic heterocycles. The molecule has 1 fully saturated rings. The molecule has 1 N–H and O–H groups in total. The number of nitrogens with one attached hydrogen (secondary N) is 1. The summed E-state index contributed by atoms with van der Waals surface area (Å²) < 4.78 is 26.1. The van der Waals surface area contributed by atoms with Crippen LogP contribution in [-0.2, 0) is 9.59 Å². The zero-order valence-corrected chi connectivity index (χ0v) is 11.4. The predicted octanol–water partition coefficient (Wildman–Crippen LogP) is 2.71. The fourth-order valence-corrected chi connectivity index (χ4v) is 2.38. The SMILES string of the molecule is O=C1C[C@H](Nc2ccc(F)c(F)c2)C(=O)N1c1ccccc1. The van der Waals surface area contributed by atoms with E-state index in [1.54, 1.807) is 30.3 Å². The molecule has 4 nitrogen and oxygen atoms in total. The lowest BCUT2D eigenvalue weighted by molar-refractivity contribution is -0.121. The van der Waals surface area contributed by atoms with Gasteiger partial charge < -0.3 is 5.32 Å². The lowest BCUT2D eigenvalue weighted by atomic mass is 10.2. The van der Waals surface area contributed by atoms with Gasteiger partial charge in [0, 0.05) is 11.8 Å². The van der Waals surface area contributed by atoms with Gasteiger partial charge in [0.15, 0.2) is 11.6 Å². The quantitative estimate of drug-likeness (QED) is 0.887. The third kappa shape index (κ3) is 2.55. The summed E-state index contributed by atoms with van der Waals surface area (Å²) in [5.74, 6) is -2.73.